The molecule has 18 nitrogen and oxygen atoms in total. The number of anilines is 1. The molecular weight excluding hydrogens is 755 g/mol. The smallest absolute Gasteiger partial charge is 0.878 e. The number of carbonyl (C=O) groups is 6. The molecule has 6 N–H and O–H groups in total. The molecule has 0 fully saturated rings. The van der Waals surface area contributed by atoms with Gasteiger partial charge in [-0.3, -0.25) is 24.0 Å². The summed E-state index contributed by atoms with van der Waals surface area (Å²) in [6, 6.07) is 10.2. The number of nitrogens with one attached hydrogen (secondary N) is 1. The van der Waals surface area contributed by atoms with Crippen molar-refractivity contribution in [1.82, 2.24) is 9.97 Å². The van der Waals surface area contributed by atoms with E-state index in [-0.39, 0.29) is 89.2 Å². The molecule has 0 aliphatic carbocycles. The minimum absolute atomic E-state index is 0. The van der Waals surface area contributed by atoms with Crippen LogP contribution in [0.15, 0.2) is 45.8 Å². The fourth-order valence-electron chi connectivity index (χ4n) is 2.25. The van der Waals surface area contributed by atoms with Crippen LogP contribution in [0.2, 0.25) is 0 Å². The van der Waals surface area contributed by atoms with Crippen molar-refractivity contribution in [1.29, 1.82) is 10.5 Å². The molecule has 57 heavy (non-hydrogen) atoms. The third-order valence-corrected chi connectivity index (χ3v) is 4.52. The number of nitrogen functional groups attached to an aromatic ring is 1. The van der Waals surface area contributed by atoms with Gasteiger partial charge in [0.2, 0.25) is 11.6 Å². The van der Waals surface area contributed by atoms with Crippen LogP contribution in [-0.2, 0) is 28.7 Å². The first kappa shape index (κ1) is 66.3. The molecule has 0 atom stereocenters. The molecule has 0 spiro atoms. The van der Waals surface area contributed by atoms with Gasteiger partial charge in [0.15, 0.2) is 17.3 Å². The van der Waals surface area contributed by atoms with Crippen LogP contribution in [0.25, 0.3) is 11.1 Å². The molecule has 0 radical (unpaired) electrons. The van der Waals surface area contributed by atoms with Crippen LogP contribution in [-0.4, -0.2) is 70.4 Å². The fourth-order valence-corrected chi connectivity index (χ4v) is 2.25. The van der Waals surface area contributed by atoms with Gasteiger partial charge < -0.3 is 50.5 Å². The Morgan fingerprint density at radius 1 is 1.00 bits per heavy atom. The number of ether oxygens (including phenoxy) is 1. The molecule has 3 rings (SSSR count). The van der Waals surface area contributed by atoms with Crippen molar-refractivity contribution in [3.05, 3.63) is 69.7 Å². The van der Waals surface area contributed by atoms with Crippen molar-refractivity contribution >= 4 is 52.3 Å². The van der Waals surface area contributed by atoms with E-state index in [4.69, 9.17) is 30.9 Å². The van der Waals surface area contributed by atoms with Crippen LogP contribution < -0.4 is 56.8 Å². The van der Waals surface area contributed by atoms with E-state index in [9.17, 15) is 38.7 Å². The molecule has 19 heteroatoms. The predicted molar refractivity (Wildman–Crippen MR) is 207 cm³/mol. The van der Waals surface area contributed by atoms with E-state index in [1.54, 1.807) is 52.8 Å². The van der Waals surface area contributed by atoms with E-state index in [0.717, 1.165) is 17.5 Å². The number of allylic oxidation sites excluding steroid dienone is 1. The summed E-state index contributed by atoms with van der Waals surface area (Å²) >= 11 is 0. The van der Waals surface area contributed by atoms with Crippen molar-refractivity contribution in [3.8, 4) is 12.1 Å². The first-order chi connectivity index (χ1) is 26.1. The summed E-state index contributed by atoms with van der Waals surface area (Å²) in [5.41, 5.74) is 12.5. The average molecular weight is 812 g/mol. The number of Topliss-reactive ketones (excluding diaryl/α,β-unsaturated/α-hetero) is 3. The van der Waals surface area contributed by atoms with E-state index in [1.165, 1.54) is 33.8 Å². The third kappa shape index (κ3) is 50.5. The summed E-state index contributed by atoms with van der Waals surface area (Å²) in [4.78, 5) is 76.4. The number of nitriles is 2. The van der Waals surface area contributed by atoms with Crippen molar-refractivity contribution in [2.45, 2.75) is 89.0 Å². The maximum absolute atomic E-state index is 11.1. The Bertz CT molecular complexity index is 1730. The molecular formula is C38H56N6NaO12-. The van der Waals surface area contributed by atoms with Gasteiger partial charge in [-0.1, -0.05) is 13.8 Å². The van der Waals surface area contributed by atoms with E-state index >= 15 is 0 Å². The molecule has 3 aromatic rings. The number of nitrogens with two attached hydrogens (primary N) is 2. The molecule has 0 aliphatic heterocycles. The summed E-state index contributed by atoms with van der Waals surface area (Å²) in [6.07, 6.45) is 1.93. The monoisotopic (exact) mass is 811 g/mol. The Balaban J connectivity index is -0.000000104. The standard InChI is InChI=1S/C10H10N2O2.C7H6N2O.C4H6O2.C4H8O.C3H4N2O.C3H6O2.C3H6O.C2H6O.C2H5O.Na/c1-5-3-4-7-8(11)9(6(2)13)14-10(7)12-5;1-5-2-3-6(4-8)7(10)9-5;1-4(6)2-3-5;1-3-4(2)5;4-2-1-3(5)6;1-2-5-3-4;1-3(2)4;2*1-2-3;/h3-4H,11H2,1-2H3;2-3H,1H3,(H,9,10);2-3,5H,1H3;3H2,1-2H3;1H2,(H2,5,6);3H,2H2,1H3;1-2H3;3H,2H2,1H3;2H2,1H3;/q;;;;;;;;-1;+1/p-1. The zero-order valence-corrected chi connectivity index (χ0v) is 37.0. The topological polar surface area (TPSA) is 337 Å². The van der Waals surface area contributed by atoms with Gasteiger partial charge in [0.05, 0.1) is 23.7 Å². The third-order valence-electron chi connectivity index (χ3n) is 4.52. The molecule has 0 saturated heterocycles. The van der Waals surface area contributed by atoms with E-state index in [2.05, 4.69) is 20.4 Å². The van der Waals surface area contributed by atoms with E-state index in [0.29, 0.717) is 42.5 Å². The van der Waals surface area contributed by atoms with Crippen LogP contribution in [0.5, 0.6) is 0 Å². The van der Waals surface area contributed by atoms with Crippen molar-refractivity contribution in [2.24, 2.45) is 5.73 Å². The van der Waals surface area contributed by atoms with Crippen LogP contribution in [0.3, 0.4) is 0 Å². The van der Waals surface area contributed by atoms with Gasteiger partial charge in [-0.25, -0.2) is 4.98 Å². The second-order valence-electron chi connectivity index (χ2n) is 10.0. The number of hydrogen-bond acceptors (Lipinski definition) is 16. The summed E-state index contributed by atoms with van der Waals surface area (Å²) < 4.78 is 9.41. The first-order valence-electron chi connectivity index (χ1n) is 16.5. The number of H-pyrrole nitrogens is 1. The zero-order chi connectivity index (χ0) is 45.2. The number of fused-ring (bicyclic) bond motifs is 1. The summed E-state index contributed by atoms with van der Waals surface area (Å²) in [5, 5.41) is 42.6. The number of rotatable bonds is 6. The largest absolute Gasteiger partial charge is 1.00 e. The SMILES string of the molecule is CC(=O)C=C[O-].CC(=O)c1oc2nc(C)ccc2c1N.CC(C)=O.CCC(C)=O.CCO.CCOC=O.CC[O-].Cc1ccc(C#N)c(=O)[nH]1.N#CCC(N)=O.[Na+]. The summed E-state index contributed by atoms with van der Waals surface area (Å²) in [7, 11) is 0. The normalized spacial score (nSPS) is 8.19. The molecule has 1 amide bonds. The molecule has 312 valence electrons. The Hall–Kier alpha value is -5.50. The summed E-state index contributed by atoms with van der Waals surface area (Å²) in [5.74, 6) is -0.344. The van der Waals surface area contributed by atoms with Gasteiger partial charge in [0.1, 0.15) is 29.6 Å². The van der Waals surface area contributed by atoms with Crippen LogP contribution >= 0.6 is 0 Å². The molecule has 0 aromatic carbocycles. The number of aromatic amines is 1. The maximum Gasteiger partial charge on any atom is 1.00 e. The Labute approximate surface area is 356 Å². The van der Waals surface area contributed by atoms with Crippen molar-refractivity contribution in [2.75, 3.05) is 25.6 Å². The number of hydrogen-bond donors (Lipinski definition) is 4. The number of aromatic nitrogens is 2. The number of amides is 1. The number of aliphatic hydroxyl groups excluding tert-OH is 1. The van der Waals surface area contributed by atoms with Crippen molar-refractivity contribution in [3.63, 3.8) is 0 Å². The minimum atomic E-state index is -0.572. The Morgan fingerprint density at radius 3 is 1.72 bits per heavy atom. The number of pyridine rings is 2. The van der Waals surface area contributed by atoms with Gasteiger partial charge in [-0.05, 0) is 85.7 Å². The zero-order valence-electron chi connectivity index (χ0n) is 35.0. The molecule has 0 bridgehead atoms. The second-order valence-corrected chi connectivity index (χ2v) is 10.0. The van der Waals surface area contributed by atoms with Gasteiger partial charge in [-0.2, -0.15) is 10.5 Å². The van der Waals surface area contributed by atoms with Gasteiger partial charge >= 0.3 is 29.6 Å². The van der Waals surface area contributed by atoms with Crippen LogP contribution in [0, 0.1) is 36.5 Å². The number of ketones is 4. The second kappa shape index (κ2) is 46.7. The van der Waals surface area contributed by atoms with E-state index < -0.39 is 5.91 Å². The number of nitrogens with zero attached hydrogens (tertiary/aromatic N) is 3. The van der Waals surface area contributed by atoms with Gasteiger partial charge in [0, 0.05) is 31.3 Å². The van der Waals surface area contributed by atoms with E-state index in [1.807, 2.05) is 26.0 Å². The molecule has 0 aliphatic rings. The average Bonchev–Trinajstić information content (AvgIpc) is 3.42. The molecule has 0 saturated carbocycles. The Morgan fingerprint density at radius 2 is 1.47 bits per heavy atom. The summed E-state index contributed by atoms with van der Waals surface area (Å²) in [6.45, 7) is 19.0. The number of primary amides is 1. The number of furan rings is 1. The molecule has 3 aromatic heterocycles. The predicted octanol–water partition coefficient (Wildman–Crippen LogP) is -0.560. The van der Waals surface area contributed by atoms with Gasteiger partial charge in [0.25, 0.3) is 12.0 Å². The maximum atomic E-state index is 11.1. The number of aliphatic hydroxyl groups is 1. The van der Waals surface area contributed by atoms with Gasteiger partial charge in [-0.15, -0.1) is 12.9 Å². The molecule has 0 unspecified atom stereocenters. The number of carbonyl (C=O) groups excluding carboxylic acids is 6. The van der Waals surface area contributed by atoms with Crippen LogP contribution in [0.1, 0.15) is 103 Å². The minimum Gasteiger partial charge on any atom is -0.878 e. The quantitative estimate of drug-likeness (QED) is 0.0797. The molecule has 3 heterocycles. The number of aryl methyl sites for hydroxylation is 2. The van der Waals surface area contributed by atoms with Crippen molar-refractivity contribution < 1.29 is 82.8 Å². The Kier molecular flexibility index (Phi) is 54.3. The first-order valence-corrected chi connectivity index (χ1v) is 16.5. The van der Waals surface area contributed by atoms with Crippen LogP contribution in [0.4, 0.5) is 5.69 Å². The fraction of sp³-hybridized carbons (Fsp3) is 0.421.